The van der Waals surface area contributed by atoms with Crippen LogP contribution in [0.1, 0.15) is 51.5 Å². The van der Waals surface area contributed by atoms with Gasteiger partial charge < -0.3 is 14.6 Å². The Labute approximate surface area is 127 Å². The largest absolute Gasteiger partial charge is 0.487 e. The fraction of sp³-hybridized carbons (Fsp3) is 0.562. The van der Waals surface area contributed by atoms with Crippen LogP contribution in [0.25, 0.3) is 6.08 Å². The minimum Gasteiger partial charge on any atom is -0.400 e. The average Bonchev–Trinajstić information content (AvgIpc) is 2.54. The molecule has 21 heavy (non-hydrogen) atoms. The highest BCUT2D eigenvalue weighted by molar-refractivity contribution is 6.52. The Kier molecular flexibility index (Phi) is 3.68. The van der Waals surface area contributed by atoms with Crippen LogP contribution < -0.4 is 5.32 Å². The second kappa shape index (κ2) is 5.23. The van der Waals surface area contributed by atoms with Gasteiger partial charge in [-0.2, -0.15) is 0 Å². The topological polar surface area (TPSA) is 43.4 Å². The SMILES string of the molecule is CC1(C)OB(/C=C/c2cccc([C@@H]3CCN3)n2)OC1(C)C. The second-order valence-electron chi connectivity index (χ2n) is 6.77. The van der Waals surface area contributed by atoms with Crippen molar-refractivity contribution >= 4 is 13.2 Å². The number of hydrogen-bond acceptors (Lipinski definition) is 4. The Morgan fingerprint density at radius 3 is 2.48 bits per heavy atom. The van der Waals surface area contributed by atoms with Gasteiger partial charge >= 0.3 is 7.12 Å². The van der Waals surface area contributed by atoms with E-state index in [2.05, 4.69) is 44.1 Å². The number of nitrogens with zero attached hydrogens (tertiary/aromatic N) is 1. The molecule has 0 amide bonds. The maximum Gasteiger partial charge on any atom is 0.487 e. The quantitative estimate of drug-likeness (QED) is 0.868. The first-order chi connectivity index (χ1) is 9.87. The van der Waals surface area contributed by atoms with Crippen LogP contribution >= 0.6 is 0 Å². The number of rotatable bonds is 3. The molecule has 3 heterocycles. The summed E-state index contributed by atoms with van der Waals surface area (Å²) in [4.78, 5) is 4.67. The van der Waals surface area contributed by atoms with E-state index in [4.69, 9.17) is 9.31 Å². The van der Waals surface area contributed by atoms with Crippen molar-refractivity contribution in [3.8, 4) is 0 Å². The lowest BCUT2D eigenvalue weighted by Gasteiger charge is -2.32. The summed E-state index contributed by atoms with van der Waals surface area (Å²) in [5.74, 6) is 1.94. The Hall–Kier alpha value is -1.17. The molecule has 4 nitrogen and oxygen atoms in total. The standard InChI is InChI=1S/C16H23BN2O2/c1-15(2)16(3,4)21-17(20-15)10-8-12-6-5-7-14(19-12)13-9-11-18-13/h5-8,10,13,18H,9,11H2,1-4H3/b10-8+/t13-/m0/s1. The Balaban J connectivity index is 1.69. The second-order valence-corrected chi connectivity index (χ2v) is 6.77. The van der Waals surface area contributed by atoms with Gasteiger partial charge in [0.1, 0.15) is 0 Å². The third-order valence-corrected chi connectivity index (χ3v) is 4.67. The fourth-order valence-electron chi connectivity index (χ4n) is 2.44. The van der Waals surface area contributed by atoms with Gasteiger partial charge in [0.05, 0.1) is 28.6 Å². The number of nitrogens with one attached hydrogen (secondary N) is 1. The first-order valence-electron chi connectivity index (χ1n) is 7.62. The van der Waals surface area contributed by atoms with Gasteiger partial charge in [-0.05, 0) is 58.9 Å². The first-order valence-corrected chi connectivity index (χ1v) is 7.62. The van der Waals surface area contributed by atoms with Gasteiger partial charge in [-0.1, -0.05) is 12.0 Å². The summed E-state index contributed by atoms with van der Waals surface area (Å²) in [5, 5.41) is 3.37. The lowest BCUT2D eigenvalue weighted by atomic mass is 9.89. The molecule has 112 valence electrons. The van der Waals surface area contributed by atoms with Crippen molar-refractivity contribution in [2.75, 3.05) is 6.54 Å². The van der Waals surface area contributed by atoms with Crippen LogP contribution in [-0.2, 0) is 9.31 Å². The van der Waals surface area contributed by atoms with Gasteiger partial charge in [0.2, 0.25) is 0 Å². The third-order valence-electron chi connectivity index (χ3n) is 4.67. The molecule has 1 aromatic rings. The smallest absolute Gasteiger partial charge is 0.400 e. The molecule has 2 aliphatic rings. The summed E-state index contributed by atoms with van der Waals surface area (Å²) in [6, 6.07) is 6.54. The molecular formula is C16H23BN2O2. The molecule has 1 aromatic heterocycles. The van der Waals surface area contributed by atoms with Crippen molar-refractivity contribution in [3.05, 3.63) is 35.6 Å². The molecule has 2 aliphatic heterocycles. The molecule has 2 saturated heterocycles. The van der Waals surface area contributed by atoms with Crippen LogP contribution in [0.4, 0.5) is 0 Å². The molecule has 0 unspecified atom stereocenters. The molecule has 1 atom stereocenters. The maximum atomic E-state index is 5.95. The summed E-state index contributed by atoms with van der Waals surface area (Å²) in [6.45, 7) is 9.31. The molecule has 0 bridgehead atoms. The zero-order chi connectivity index (χ0) is 15.1. The summed E-state index contributed by atoms with van der Waals surface area (Å²) in [6.07, 6.45) is 3.14. The van der Waals surface area contributed by atoms with E-state index in [-0.39, 0.29) is 18.3 Å². The van der Waals surface area contributed by atoms with E-state index < -0.39 is 0 Å². The van der Waals surface area contributed by atoms with Gasteiger partial charge in [-0.15, -0.1) is 0 Å². The van der Waals surface area contributed by atoms with Crippen LogP contribution in [0.2, 0.25) is 0 Å². The van der Waals surface area contributed by atoms with Crippen LogP contribution in [-0.4, -0.2) is 29.8 Å². The highest BCUT2D eigenvalue weighted by Crippen LogP contribution is 2.37. The van der Waals surface area contributed by atoms with Crippen LogP contribution in [0.3, 0.4) is 0 Å². The van der Waals surface area contributed by atoms with Gasteiger partial charge in [-0.25, -0.2) is 0 Å². The molecule has 3 rings (SSSR count). The number of aromatic nitrogens is 1. The Bertz CT molecular complexity index is 537. The Morgan fingerprint density at radius 1 is 1.24 bits per heavy atom. The van der Waals surface area contributed by atoms with Gasteiger partial charge in [-0.3, -0.25) is 4.98 Å². The fourth-order valence-corrected chi connectivity index (χ4v) is 2.44. The molecule has 0 radical (unpaired) electrons. The van der Waals surface area contributed by atoms with E-state index >= 15 is 0 Å². The van der Waals surface area contributed by atoms with E-state index in [0.29, 0.717) is 6.04 Å². The summed E-state index contributed by atoms with van der Waals surface area (Å²) < 4.78 is 11.9. The predicted molar refractivity (Wildman–Crippen MR) is 84.7 cm³/mol. The monoisotopic (exact) mass is 286 g/mol. The van der Waals surface area contributed by atoms with Crippen molar-refractivity contribution < 1.29 is 9.31 Å². The number of pyridine rings is 1. The zero-order valence-corrected chi connectivity index (χ0v) is 13.2. The maximum absolute atomic E-state index is 5.95. The zero-order valence-electron chi connectivity index (χ0n) is 13.2. The van der Waals surface area contributed by atoms with E-state index in [1.807, 2.05) is 24.2 Å². The van der Waals surface area contributed by atoms with Crippen molar-refractivity contribution in [3.63, 3.8) is 0 Å². The van der Waals surface area contributed by atoms with Crippen molar-refractivity contribution in [1.82, 2.24) is 10.3 Å². The molecule has 2 fully saturated rings. The summed E-state index contributed by atoms with van der Waals surface area (Å²) in [5.41, 5.74) is 1.45. The van der Waals surface area contributed by atoms with Crippen molar-refractivity contribution in [1.29, 1.82) is 0 Å². The van der Waals surface area contributed by atoms with Gasteiger partial charge in [0.25, 0.3) is 0 Å². The van der Waals surface area contributed by atoms with E-state index in [0.717, 1.165) is 24.4 Å². The summed E-state index contributed by atoms with van der Waals surface area (Å²) >= 11 is 0. The molecular weight excluding hydrogens is 263 g/mol. The lowest BCUT2D eigenvalue weighted by Crippen LogP contribution is -2.41. The van der Waals surface area contributed by atoms with E-state index in [1.165, 1.54) is 0 Å². The molecule has 5 heteroatoms. The highest BCUT2D eigenvalue weighted by Gasteiger charge is 2.50. The molecule has 0 saturated carbocycles. The van der Waals surface area contributed by atoms with Crippen molar-refractivity contribution in [2.24, 2.45) is 0 Å². The van der Waals surface area contributed by atoms with E-state index in [9.17, 15) is 0 Å². The first kappa shape index (κ1) is 14.8. The lowest BCUT2D eigenvalue weighted by molar-refractivity contribution is 0.00578. The number of hydrogen-bond donors (Lipinski definition) is 1. The van der Waals surface area contributed by atoms with Crippen LogP contribution in [0.5, 0.6) is 0 Å². The van der Waals surface area contributed by atoms with Gasteiger partial charge in [0, 0.05) is 0 Å². The molecule has 0 aromatic carbocycles. The minimum atomic E-state index is -0.317. The van der Waals surface area contributed by atoms with Gasteiger partial charge in [0.15, 0.2) is 0 Å². The molecule has 0 aliphatic carbocycles. The predicted octanol–water partition coefficient (Wildman–Crippen LogP) is 2.76. The highest BCUT2D eigenvalue weighted by atomic mass is 16.7. The van der Waals surface area contributed by atoms with Crippen LogP contribution in [0.15, 0.2) is 24.2 Å². The van der Waals surface area contributed by atoms with Crippen molar-refractivity contribution in [2.45, 2.75) is 51.4 Å². The minimum absolute atomic E-state index is 0.298. The molecule has 0 spiro atoms. The summed E-state index contributed by atoms with van der Waals surface area (Å²) in [7, 11) is -0.317. The molecule has 1 N–H and O–H groups in total. The van der Waals surface area contributed by atoms with Crippen LogP contribution in [0, 0.1) is 0 Å². The normalized spacial score (nSPS) is 27.0. The van der Waals surface area contributed by atoms with E-state index in [1.54, 1.807) is 0 Å². The Morgan fingerprint density at radius 2 is 1.90 bits per heavy atom. The third kappa shape index (κ3) is 2.91. The average molecular weight is 286 g/mol.